The molecule has 10 heteroatoms. The first-order chi connectivity index (χ1) is 15.2. The summed E-state index contributed by atoms with van der Waals surface area (Å²) < 4.78 is 7.14. The average molecular weight is 419 g/mol. The summed E-state index contributed by atoms with van der Waals surface area (Å²) in [5, 5.41) is 27.0. The van der Waals surface area contributed by atoms with Gasteiger partial charge in [0.05, 0.1) is 38.1 Å². The molecule has 3 aromatic heterocycles. The second-order valence-corrected chi connectivity index (χ2v) is 7.30. The molecule has 0 amide bonds. The van der Waals surface area contributed by atoms with Gasteiger partial charge in [0.25, 0.3) is 0 Å². The van der Waals surface area contributed by atoms with Gasteiger partial charge < -0.3 is 19.8 Å². The van der Waals surface area contributed by atoms with E-state index in [0.29, 0.717) is 42.3 Å². The molecule has 0 radical (unpaired) electrons. The number of aromatic nitrogens is 6. The topological polar surface area (TPSA) is 122 Å². The highest BCUT2D eigenvalue weighted by molar-refractivity contribution is 5.88. The number of benzene rings is 1. The van der Waals surface area contributed by atoms with Gasteiger partial charge in [-0.3, -0.25) is 4.98 Å². The molecule has 0 saturated carbocycles. The number of phenolic OH excluding ortho intramolecular Hbond substituents is 1. The Labute approximate surface area is 177 Å². The maximum absolute atomic E-state index is 9.91. The number of aliphatic hydroxyl groups is 1. The molecule has 1 aliphatic heterocycles. The summed E-state index contributed by atoms with van der Waals surface area (Å²) in [6.45, 7) is 3.00. The zero-order valence-electron chi connectivity index (χ0n) is 16.7. The Morgan fingerprint density at radius 2 is 1.97 bits per heavy atom. The van der Waals surface area contributed by atoms with Crippen molar-refractivity contribution >= 4 is 16.9 Å². The van der Waals surface area contributed by atoms with Crippen molar-refractivity contribution in [2.75, 3.05) is 31.2 Å². The molecule has 0 aliphatic carbocycles. The minimum Gasteiger partial charge on any atom is -0.508 e. The van der Waals surface area contributed by atoms with E-state index >= 15 is 0 Å². The van der Waals surface area contributed by atoms with E-state index in [1.807, 2.05) is 12.1 Å². The summed E-state index contributed by atoms with van der Waals surface area (Å²) in [6.07, 6.45) is 3.48. The van der Waals surface area contributed by atoms with Crippen molar-refractivity contribution < 1.29 is 14.9 Å². The highest BCUT2D eigenvalue weighted by Crippen LogP contribution is 2.28. The molecule has 4 aromatic rings. The number of fused-ring (bicyclic) bond motifs is 1. The lowest BCUT2D eigenvalue weighted by Crippen LogP contribution is -2.37. The molecule has 0 atom stereocenters. The third-order valence-corrected chi connectivity index (χ3v) is 5.08. The molecule has 0 bridgehead atoms. The molecule has 1 aliphatic rings. The number of phenols is 1. The van der Waals surface area contributed by atoms with Crippen molar-refractivity contribution in [1.29, 1.82) is 0 Å². The summed E-state index contributed by atoms with van der Waals surface area (Å²) in [4.78, 5) is 16.3. The fourth-order valence-corrected chi connectivity index (χ4v) is 3.58. The van der Waals surface area contributed by atoms with Crippen LogP contribution in [-0.2, 0) is 17.9 Å². The number of hydrogen-bond donors (Lipinski definition) is 2. The average Bonchev–Trinajstić information content (AvgIpc) is 3.26. The molecule has 2 N–H and O–H groups in total. The number of rotatable bonds is 5. The third kappa shape index (κ3) is 4.03. The van der Waals surface area contributed by atoms with Crippen molar-refractivity contribution in [2.24, 2.45) is 0 Å². The van der Waals surface area contributed by atoms with Gasteiger partial charge in [0.1, 0.15) is 17.0 Å². The Balaban J connectivity index is 1.59. The van der Waals surface area contributed by atoms with Crippen LogP contribution in [0.25, 0.3) is 22.4 Å². The van der Waals surface area contributed by atoms with Crippen LogP contribution in [0.4, 0.5) is 5.82 Å². The van der Waals surface area contributed by atoms with Crippen molar-refractivity contribution in [2.45, 2.75) is 13.2 Å². The van der Waals surface area contributed by atoms with E-state index in [0.717, 1.165) is 30.0 Å². The second-order valence-electron chi connectivity index (χ2n) is 7.30. The van der Waals surface area contributed by atoms with Gasteiger partial charge in [-0.05, 0) is 23.8 Å². The van der Waals surface area contributed by atoms with E-state index < -0.39 is 0 Å². The predicted molar refractivity (Wildman–Crippen MR) is 113 cm³/mol. The molecule has 158 valence electrons. The molecule has 0 spiro atoms. The number of aliphatic hydroxyl groups excluding tert-OH is 1. The lowest BCUT2D eigenvalue weighted by Gasteiger charge is -2.28. The molecule has 0 unspecified atom stereocenters. The number of pyridine rings is 1. The van der Waals surface area contributed by atoms with E-state index in [9.17, 15) is 10.2 Å². The highest BCUT2D eigenvalue weighted by Gasteiger charge is 2.19. The first-order valence-electron chi connectivity index (χ1n) is 9.98. The second kappa shape index (κ2) is 8.25. The normalized spacial score (nSPS) is 14.3. The summed E-state index contributed by atoms with van der Waals surface area (Å²) in [5.41, 5.74) is 3.55. The quantitative estimate of drug-likeness (QED) is 0.494. The maximum atomic E-state index is 9.91. The number of nitrogens with zero attached hydrogens (tertiary/aromatic N) is 7. The van der Waals surface area contributed by atoms with E-state index in [-0.39, 0.29) is 12.4 Å². The minimum atomic E-state index is -0.153. The summed E-state index contributed by atoms with van der Waals surface area (Å²) >= 11 is 0. The van der Waals surface area contributed by atoms with Crippen LogP contribution in [0.2, 0.25) is 0 Å². The lowest BCUT2D eigenvalue weighted by atomic mass is 10.2. The van der Waals surface area contributed by atoms with Crippen LogP contribution in [0.15, 0.2) is 42.7 Å². The van der Waals surface area contributed by atoms with Gasteiger partial charge in [0, 0.05) is 24.8 Å². The zero-order chi connectivity index (χ0) is 21.2. The third-order valence-electron chi connectivity index (χ3n) is 5.08. The molecule has 1 aromatic carbocycles. The van der Waals surface area contributed by atoms with Gasteiger partial charge in [-0.1, -0.05) is 17.3 Å². The van der Waals surface area contributed by atoms with Crippen molar-refractivity contribution in [3.8, 4) is 17.1 Å². The highest BCUT2D eigenvalue weighted by atomic mass is 16.5. The first-order valence-corrected chi connectivity index (χ1v) is 9.98. The summed E-state index contributed by atoms with van der Waals surface area (Å²) in [7, 11) is 0. The van der Waals surface area contributed by atoms with Crippen LogP contribution in [0.1, 0.15) is 11.3 Å². The Kier molecular flexibility index (Phi) is 5.14. The van der Waals surface area contributed by atoms with Crippen molar-refractivity contribution in [3.63, 3.8) is 0 Å². The van der Waals surface area contributed by atoms with Gasteiger partial charge in [-0.25, -0.2) is 14.6 Å². The smallest absolute Gasteiger partial charge is 0.162 e. The van der Waals surface area contributed by atoms with Crippen LogP contribution in [0.3, 0.4) is 0 Å². The predicted octanol–water partition coefficient (Wildman–Crippen LogP) is 1.37. The fourth-order valence-electron chi connectivity index (χ4n) is 3.58. The number of aromatic hydroxyl groups is 1. The molecule has 1 saturated heterocycles. The molecular formula is C21H21N7O3. The maximum Gasteiger partial charge on any atom is 0.162 e. The van der Waals surface area contributed by atoms with E-state index in [2.05, 4.69) is 20.2 Å². The van der Waals surface area contributed by atoms with Gasteiger partial charge in [0.2, 0.25) is 0 Å². The standard InChI is InChI=1S/C21H21N7O3/c29-13-16-12-28(26-25-16)11-14-8-18-19(22-10-14)21(27-4-6-31-7-5-27)24-20(23-18)15-2-1-3-17(30)9-15/h1-3,8-10,12,29-30H,4-7,11,13H2. The Hall–Kier alpha value is -3.63. The van der Waals surface area contributed by atoms with Crippen molar-refractivity contribution in [1.82, 2.24) is 29.9 Å². The lowest BCUT2D eigenvalue weighted by molar-refractivity contribution is 0.122. The van der Waals surface area contributed by atoms with Crippen LogP contribution >= 0.6 is 0 Å². The van der Waals surface area contributed by atoms with Gasteiger partial charge in [-0.15, -0.1) is 5.10 Å². The first kappa shape index (κ1) is 19.3. The van der Waals surface area contributed by atoms with Gasteiger partial charge >= 0.3 is 0 Å². The number of hydrogen-bond acceptors (Lipinski definition) is 9. The number of morpholine rings is 1. The Morgan fingerprint density at radius 3 is 2.74 bits per heavy atom. The molecule has 4 heterocycles. The largest absolute Gasteiger partial charge is 0.508 e. The Bertz CT molecular complexity index is 1220. The van der Waals surface area contributed by atoms with Crippen LogP contribution in [-0.4, -0.2) is 66.5 Å². The number of anilines is 1. The molecule has 1 fully saturated rings. The van der Waals surface area contributed by atoms with E-state index in [1.54, 1.807) is 35.3 Å². The van der Waals surface area contributed by atoms with E-state index in [1.165, 1.54) is 0 Å². The fraction of sp³-hybridized carbons (Fsp3) is 0.286. The Morgan fingerprint density at radius 1 is 1.10 bits per heavy atom. The summed E-state index contributed by atoms with van der Waals surface area (Å²) in [6, 6.07) is 8.86. The molecule has 10 nitrogen and oxygen atoms in total. The van der Waals surface area contributed by atoms with Gasteiger partial charge in [0.15, 0.2) is 11.6 Å². The van der Waals surface area contributed by atoms with Gasteiger partial charge in [-0.2, -0.15) is 0 Å². The van der Waals surface area contributed by atoms with Crippen molar-refractivity contribution in [3.05, 3.63) is 54.0 Å². The van der Waals surface area contributed by atoms with E-state index in [4.69, 9.17) is 14.7 Å². The number of ether oxygens (including phenoxy) is 1. The monoisotopic (exact) mass is 419 g/mol. The molecule has 31 heavy (non-hydrogen) atoms. The minimum absolute atomic E-state index is 0.153. The molecular weight excluding hydrogens is 398 g/mol. The van der Waals surface area contributed by atoms with Crippen LogP contribution in [0, 0.1) is 0 Å². The molecule has 5 rings (SSSR count). The summed E-state index contributed by atoms with van der Waals surface area (Å²) in [5.74, 6) is 1.43. The SMILES string of the molecule is OCc1cn(Cc2cnc3c(N4CCOCC4)nc(-c4cccc(O)c4)nc3c2)nn1. The van der Waals surface area contributed by atoms with Crippen LogP contribution < -0.4 is 4.90 Å². The van der Waals surface area contributed by atoms with Crippen LogP contribution in [0.5, 0.6) is 5.75 Å². The zero-order valence-corrected chi connectivity index (χ0v) is 16.7.